The second kappa shape index (κ2) is 5.24. The van der Waals surface area contributed by atoms with E-state index in [9.17, 15) is 18.9 Å². The second-order valence-corrected chi connectivity index (χ2v) is 4.25. The highest BCUT2D eigenvalue weighted by Gasteiger charge is 2.23. The van der Waals surface area contributed by atoms with E-state index in [1.807, 2.05) is 0 Å². The van der Waals surface area contributed by atoms with Gasteiger partial charge >= 0.3 is 5.69 Å². The smallest absolute Gasteiger partial charge is 0.333 e. The van der Waals surface area contributed by atoms with Gasteiger partial charge in [-0.3, -0.25) is 10.1 Å². The molecule has 2 rings (SSSR count). The van der Waals surface area contributed by atoms with Crippen molar-refractivity contribution in [2.24, 2.45) is 7.05 Å². The Labute approximate surface area is 113 Å². The summed E-state index contributed by atoms with van der Waals surface area (Å²) in [6.07, 6.45) is 0. The van der Waals surface area contributed by atoms with Gasteiger partial charge in [0.25, 0.3) is 0 Å². The van der Waals surface area contributed by atoms with Crippen LogP contribution in [0.3, 0.4) is 0 Å². The first-order valence-corrected chi connectivity index (χ1v) is 5.76. The summed E-state index contributed by atoms with van der Waals surface area (Å²) in [5.41, 5.74) is 0.314. The van der Waals surface area contributed by atoms with Gasteiger partial charge in [-0.25, -0.2) is 13.5 Å². The molecule has 1 N–H and O–H groups in total. The number of nitrogens with one attached hydrogen (secondary N) is 1. The van der Waals surface area contributed by atoms with Crippen molar-refractivity contribution >= 4 is 11.5 Å². The van der Waals surface area contributed by atoms with Crippen molar-refractivity contribution in [2.45, 2.75) is 13.5 Å². The van der Waals surface area contributed by atoms with Gasteiger partial charge in [0, 0.05) is 25.2 Å². The Morgan fingerprint density at radius 2 is 2.15 bits per heavy atom. The normalized spacial score (nSPS) is 10.6. The Hall–Kier alpha value is -2.51. The average Bonchev–Trinajstić information content (AvgIpc) is 2.63. The Morgan fingerprint density at radius 1 is 1.45 bits per heavy atom. The molecule has 106 valence electrons. The molecular formula is C12H12F2N4O2. The van der Waals surface area contributed by atoms with Gasteiger partial charge in [-0.15, -0.1) is 0 Å². The Bertz CT molecular complexity index is 670. The van der Waals surface area contributed by atoms with Crippen molar-refractivity contribution in [3.63, 3.8) is 0 Å². The maximum atomic E-state index is 13.5. The minimum atomic E-state index is -0.709. The Morgan fingerprint density at radius 3 is 2.75 bits per heavy atom. The molecule has 0 aliphatic heterocycles. The van der Waals surface area contributed by atoms with Crippen molar-refractivity contribution in [1.82, 2.24) is 9.78 Å². The van der Waals surface area contributed by atoms with Crippen molar-refractivity contribution in [3.8, 4) is 0 Å². The predicted octanol–water partition coefficient (Wildman–Crippen LogP) is 2.53. The molecule has 0 aliphatic rings. The highest BCUT2D eigenvalue weighted by molar-refractivity contribution is 5.59. The number of nitrogens with zero attached hydrogens (tertiary/aromatic N) is 3. The topological polar surface area (TPSA) is 73.0 Å². The highest BCUT2D eigenvalue weighted by Crippen LogP contribution is 2.27. The average molecular weight is 282 g/mol. The number of halogens is 2. The molecule has 8 heteroatoms. The fourth-order valence-corrected chi connectivity index (χ4v) is 1.91. The van der Waals surface area contributed by atoms with E-state index < -0.39 is 16.6 Å². The quantitative estimate of drug-likeness (QED) is 0.690. The third-order valence-electron chi connectivity index (χ3n) is 2.83. The van der Waals surface area contributed by atoms with Crippen LogP contribution in [-0.2, 0) is 13.6 Å². The second-order valence-electron chi connectivity index (χ2n) is 4.25. The minimum Gasteiger partial charge on any atom is -0.360 e. The minimum absolute atomic E-state index is 0.00801. The number of rotatable bonds is 4. The van der Waals surface area contributed by atoms with Crippen LogP contribution in [-0.4, -0.2) is 14.7 Å². The molecule has 0 aliphatic carbocycles. The van der Waals surface area contributed by atoms with Crippen molar-refractivity contribution in [3.05, 3.63) is 51.2 Å². The van der Waals surface area contributed by atoms with Gasteiger partial charge in [-0.05, 0) is 13.0 Å². The fraction of sp³-hybridized carbons (Fsp3) is 0.250. The zero-order valence-corrected chi connectivity index (χ0v) is 10.9. The molecule has 1 heterocycles. The van der Waals surface area contributed by atoms with E-state index in [2.05, 4.69) is 10.4 Å². The summed E-state index contributed by atoms with van der Waals surface area (Å²) < 4.78 is 27.6. The molecule has 0 amide bonds. The molecule has 0 spiro atoms. The summed E-state index contributed by atoms with van der Waals surface area (Å²) >= 11 is 0. The predicted molar refractivity (Wildman–Crippen MR) is 68.3 cm³/mol. The summed E-state index contributed by atoms with van der Waals surface area (Å²) in [6, 6.07) is 3.18. The first-order chi connectivity index (χ1) is 9.40. The summed E-state index contributed by atoms with van der Waals surface area (Å²) in [4.78, 5) is 10.4. The maximum Gasteiger partial charge on any atom is 0.333 e. The van der Waals surface area contributed by atoms with E-state index in [1.165, 1.54) is 17.7 Å². The van der Waals surface area contributed by atoms with Gasteiger partial charge in [-0.2, -0.15) is 5.10 Å². The molecular weight excluding hydrogens is 270 g/mol. The van der Waals surface area contributed by atoms with Crippen molar-refractivity contribution < 1.29 is 13.7 Å². The lowest BCUT2D eigenvalue weighted by Crippen LogP contribution is -2.07. The number of anilines is 1. The Kier molecular flexibility index (Phi) is 3.64. The zero-order chi connectivity index (χ0) is 14.9. The Balaban J connectivity index is 2.25. The van der Waals surface area contributed by atoms with Crippen LogP contribution in [0.4, 0.5) is 20.3 Å². The van der Waals surface area contributed by atoms with Crippen LogP contribution in [0.15, 0.2) is 18.2 Å². The lowest BCUT2D eigenvalue weighted by Gasteiger charge is -2.07. The van der Waals surface area contributed by atoms with E-state index >= 15 is 0 Å². The lowest BCUT2D eigenvalue weighted by molar-refractivity contribution is -0.384. The number of hydrogen-bond donors (Lipinski definition) is 1. The molecule has 1 aromatic heterocycles. The van der Waals surface area contributed by atoms with E-state index in [0.717, 1.165) is 12.1 Å². The van der Waals surface area contributed by atoms with Crippen LogP contribution in [0.2, 0.25) is 0 Å². The van der Waals surface area contributed by atoms with Crippen LogP contribution >= 0.6 is 0 Å². The van der Waals surface area contributed by atoms with Crippen LogP contribution in [0.5, 0.6) is 0 Å². The first-order valence-electron chi connectivity index (χ1n) is 5.76. The highest BCUT2D eigenvalue weighted by atomic mass is 19.1. The summed E-state index contributed by atoms with van der Waals surface area (Å²) in [7, 11) is 1.54. The molecule has 0 atom stereocenters. The molecule has 0 fully saturated rings. The van der Waals surface area contributed by atoms with Gasteiger partial charge in [0.05, 0.1) is 4.92 Å². The molecule has 0 unspecified atom stereocenters. The molecule has 0 saturated heterocycles. The standard InChI is InChI=1S/C12H12F2N4O2/c1-7-11(18(19)20)12(17(2)16-7)15-6-8-3-4-9(13)5-10(8)14/h3-5,15H,6H2,1-2H3. The van der Waals surface area contributed by atoms with E-state index in [-0.39, 0.29) is 29.3 Å². The van der Waals surface area contributed by atoms with Crippen LogP contribution in [0, 0.1) is 28.7 Å². The molecule has 2 aromatic rings. The summed E-state index contributed by atoms with van der Waals surface area (Å²) in [5, 5.41) is 17.7. The zero-order valence-electron chi connectivity index (χ0n) is 10.9. The molecule has 0 radical (unpaired) electrons. The van der Waals surface area contributed by atoms with Crippen LogP contribution in [0.25, 0.3) is 0 Å². The molecule has 0 saturated carbocycles. The van der Waals surface area contributed by atoms with Crippen LogP contribution in [0.1, 0.15) is 11.3 Å². The monoisotopic (exact) mass is 282 g/mol. The van der Waals surface area contributed by atoms with E-state index in [1.54, 1.807) is 7.05 Å². The first kappa shape index (κ1) is 13.9. The maximum absolute atomic E-state index is 13.5. The third-order valence-corrected chi connectivity index (χ3v) is 2.83. The van der Waals surface area contributed by atoms with Gasteiger partial charge in [-0.1, -0.05) is 6.07 Å². The number of hydrogen-bond acceptors (Lipinski definition) is 4. The molecule has 1 aromatic carbocycles. The van der Waals surface area contributed by atoms with Gasteiger partial charge in [0.1, 0.15) is 17.3 Å². The van der Waals surface area contributed by atoms with Gasteiger partial charge in [0.2, 0.25) is 5.82 Å². The number of benzene rings is 1. The van der Waals surface area contributed by atoms with E-state index in [4.69, 9.17) is 0 Å². The van der Waals surface area contributed by atoms with Crippen molar-refractivity contribution in [1.29, 1.82) is 0 Å². The van der Waals surface area contributed by atoms with Crippen molar-refractivity contribution in [2.75, 3.05) is 5.32 Å². The SMILES string of the molecule is Cc1nn(C)c(NCc2ccc(F)cc2F)c1[N+](=O)[O-]. The van der Waals surface area contributed by atoms with Gasteiger partial charge < -0.3 is 5.32 Å². The molecule has 6 nitrogen and oxygen atoms in total. The molecule has 0 bridgehead atoms. The number of nitro groups is 1. The number of aromatic nitrogens is 2. The largest absolute Gasteiger partial charge is 0.360 e. The number of aryl methyl sites for hydroxylation is 2. The molecule has 20 heavy (non-hydrogen) atoms. The lowest BCUT2D eigenvalue weighted by atomic mass is 10.2. The van der Waals surface area contributed by atoms with Crippen LogP contribution < -0.4 is 5.32 Å². The third kappa shape index (κ3) is 2.58. The fourth-order valence-electron chi connectivity index (χ4n) is 1.91. The summed E-state index contributed by atoms with van der Waals surface area (Å²) in [6.45, 7) is 1.51. The summed E-state index contributed by atoms with van der Waals surface area (Å²) in [5.74, 6) is -1.20. The van der Waals surface area contributed by atoms with E-state index in [0.29, 0.717) is 0 Å². The van der Waals surface area contributed by atoms with Gasteiger partial charge in [0.15, 0.2) is 0 Å².